The molecule has 37 heavy (non-hydrogen) atoms. The lowest BCUT2D eigenvalue weighted by molar-refractivity contribution is -0.141. The van der Waals surface area contributed by atoms with E-state index in [1.807, 2.05) is 0 Å². The maximum absolute atomic E-state index is 13.4. The summed E-state index contributed by atoms with van der Waals surface area (Å²) in [5, 5.41) is 3.06. The fraction of sp³-hybridized carbons (Fsp3) is 0.481. The Morgan fingerprint density at radius 2 is 1.54 bits per heavy atom. The van der Waals surface area contributed by atoms with Gasteiger partial charge in [0.25, 0.3) is 0 Å². The number of carbonyl (C=O) groups excluding carboxylic acids is 2. The number of carbonyl (C=O) groups is 2. The number of hydrogen-bond acceptors (Lipinski definition) is 4. The molecule has 0 radical (unpaired) electrons. The number of nitrogens with zero attached hydrogens (tertiary/aromatic N) is 2. The molecule has 0 saturated heterocycles. The van der Waals surface area contributed by atoms with Crippen molar-refractivity contribution >= 4 is 27.5 Å². The van der Waals surface area contributed by atoms with Gasteiger partial charge in [0.15, 0.2) is 0 Å². The van der Waals surface area contributed by atoms with E-state index in [4.69, 9.17) is 0 Å². The summed E-state index contributed by atoms with van der Waals surface area (Å²) < 4.78 is 52.5. The van der Waals surface area contributed by atoms with Crippen molar-refractivity contribution in [3.05, 3.63) is 65.7 Å². The summed E-state index contributed by atoms with van der Waals surface area (Å²) in [6.45, 7) is 1.80. The molecule has 0 unspecified atom stereocenters. The van der Waals surface area contributed by atoms with Crippen molar-refractivity contribution in [1.82, 2.24) is 10.2 Å². The van der Waals surface area contributed by atoms with E-state index in [0.717, 1.165) is 42.7 Å². The Labute approximate surface area is 217 Å². The molecular weight excluding hydrogens is 500 g/mol. The lowest BCUT2D eigenvalue weighted by atomic mass is 9.95. The topological polar surface area (TPSA) is 86.8 Å². The third-order valence-corrected chi connectivity index (χ3v) is 7.85. The highest BCUT2D eigenvalue weighted by Crippen LogP contribution is 2.21. The second kappa shape index (κ2) is 13.0. The number of nitrogens with one attached hydrogen (secondary N) is 1. The fourth-order valence-corrected chi connectivity index (χ4v) is 5.51. The molecule has 1 atom stereocenters. The molecule has 1 saturated carbocycles. The molecule has 10 heteroatoms. The van der Waals surface area contributed by atoms with E-state index >= 15 is 0 Å². The Morgan fingerprint density at radius 3 is 2.11 bits per heavy atom. The van der Waals surface area contributed by atoms with Crippen LogP contribution in [-0.2, 0) is 26.2 Å². The fourth-order valence-electron chi connectivity index (χ4n) is 4.55. The van der Waals surface area contributed by atoms with Gasteiger partial charge in [-0.15, -0.1) is 0 Å². The van der Waals surface area contributed by atoms with Crippen LogP contribution in [0.1, 0.15) is 57.4 Å². The Kier molecular flexibility index (Phi) is 10.0. The molecule has 0 aliphatic heterocycles. The van der Waals surface area contributed by atoms with Gasteiger partial charge in [0, 0.05) is 25.6 Å². The van der Waals surface area contributed by atoms with Crippen LogP contribution in [0.2, 0.25) is 0 Å². The monoisotopic (exact) mass is 535 g/mol. The highest BCUT2D eigenvalue weighted by molar-refractivity contribution is 7.92. The third kappa shape index (κ3) is 8.52. The number of halogens is 2. The molecule has 1 aliphatic rings. The quantitative estimate of drug-likeness (QED) is 0.463. The summed E-state index contributed by atoms with van der Waals surface area (Å²) in [5.41, 5.74) is 0.982. The summed E-state index contributed by atoms with van der Waals surface area (Å²) in [6.07, 6.45) is 6.33. The van der Waals surface area contributed by atoms with Crippen molar-refractivity contribution in [2.45, 2.75) is 70.5 Å². The van der Waals surface area contributed by atoms with Crippen LogP contribution < -0.4 is 9.62 Å². The first-order valence-corrected chi connectivity index (χ1v) is 14.5. The molecule has 1 fully saturated rings. The van der Waals surface area contributed by atoms with Gasteiger partial charge in [0.2, 0.25) is 21.8 Å². The SMILES string of the molecule is C[C@H](C(=O)NC1CCCCC1)N(Cc1ccc(F)cc1)C(=O)CCCN(c1ccc(F)cc1)S(C)(=O)=O. The molecule has 0 heterocycles. The maximum atomic E-state index is 13.4. The van der Waals surface area contributed by atoms with Gasteiger partial charge in [0.1, 0.15) is 17.7 Å². The van der Waals surface area contributed by atoms with Gasteiger partial charge in [0.05, 0.1) is 11.9 Å². The Balaban J connectivity index is 1.70. The van der Waals surface area contributed by atoms with Gasteiger partial charge in [-0.25, -0.2) is 17.2 Å². The van der Waals surface area contributed by atoms with E-state index < -0.39 is 27.7 Å². The lowest BCUT2D eigenvalue weighted by Crippen LogP contribution is -2.50. The number of amides is 2. The summed E-state index contributed by atoms with van der Waals surface area (Å²) in [7, 11) is -3.66. The predicted octanol–water partition coefficient (Wildman–Crippen LogP) is 4.38. The minimum Gasteiger partial charge on any atom is -0.352 e. The molecule has 2 aromatic rings. The van der Waals surface area contributed by atoms with Crippen LogP contribution in [-0.4, -0.2) is 50.0 Å². The molecule has 0 aromatic heterocycles. The zero-order valence-electron chi connectivity index (χ0n) is 21.3. The maximum Gasteiger partial charge on any atom is 0.242 e. The number of benzene rings is 2. The molecule has 0 bridgehead atoms. The minimum atomic E-state index is -3.66. The van der Waals surface area contributed by atoms with Crippen molar-refractivity contribution < 1.29 is 26.8 Å². The molecular formula is C27H35F2N3O4S. The summed E-state index contributed by atoms with van der Waals surface area (Å²) in [4.78, 5) is 27.8. The second-order valence-electron chi connectivity index (χ2n) is 9.58. The van der Waals surface area contributed by atoms with Crippen molar-refractivity contribution in [3.63, 3.8) is 0 Å². The van der Waals surface area contributed by atoms with Crippen LogP contribution in [0.5, 0.6) is 0 Å². The van der Waals surface area contributed by atoms with Crippen molar-refractivity contribution in [2.75, 3.05) is 17.1 Å². The summed E-state index contributed by atoms with van der Waals surface area (Å²) >= 11 is 0. The van der Waals surface area contributed by atoms with Crippen LogP contribution in [0.25, 0.3) is 0 Å². The Morgan fingerprint density at radius 1 is 0.973 bits per heavy atom. The number of hydrogen-bond donors (Lipinski definition) is 1. The van der Waals surface area contributed by atoms with Gasteiger partial charge in [-0.3, -0.25) is 13.9 Å². The van der Waals surface area contributed by atoms with Gasteiger partial charge < -0.3 is 10.2 Å². The predicted molar refractivity (Wildman–Crippen MR) is 139 cm³/mol. The second-order valence-corrected chi connectivity index (χ2v) is 11.5. The van der Waals surface area contributed by atoms with Crippen LogP contribution in [0.3, 0.4) is 0 Å². The van der Waals surface area contributed by atoms with Gasteiger partial charge in [-0.05, 0) is 68.1 Å². The van der Waals surface area contributed by atoms with Crippen molar-refractivity contribution in [1.29, 1.82) is 0 Å². The molecule has 3 rings (SSSR count). The van der Waals surface area contributed by atoms with Gasteiger partial charge in [-0.1, -0.05) is 31.4 Å². The molecule has 2 amide bonds. The van der Waals surface area contributed by atoms with Crippen molar-refractivity contribution in [3.8, 4) is 0 Å². The average Bonchev–Trinajstić information content (AvgIpc) is 2.86. The molecule has 1 N–H and O–H groups in total. The Bertz CT molecular complexity index is 1150. The van der Waals surface area contributed by atoms with Crippen molar-refractivity contribution in [2.24, 2.45) is 0 Å². The van der Waals surface area contributed by atoms with E-state index in [2.05, 4.69) is 5.32 Å². The van der Waals surface area contributed by atoms with Gasteiger partial charge >= 0.3 is 0 Å². The Hall–Kier alpha value is -3.01. The number of sulfonamides is 1. The van der Waals surface area contributed by atoms with Gasteiger partial charge in [-0.2, -0.15) is 0 Å². The standard InChI is InChI=1S/C27H35F2N3O4S/c1-20(27(34)30-24-7-4-3-5-8-24)31(19-21-10-12-22(28)13-11-21)26(33)9-6-18-32(37(2,35)36)25-16-14-23(29)15-17-25/h10-17,20,24H,3-9,18-19H2,1-2H3,(H,30,34)/t20-/m1/s1. The average molecular weight is 536 g/mol. The van der Waals surface area contributed by atoms with Crippen LogP contribution in [0.4, 0.5) is 14.5 Å². The van der Waals surface area contributed by atoms with Crippen LogP contribution >= 0.6 is 0 Å². The summed E-state index contributed by atoms with van der Waals surface area (Å²) in [6, 6.07) is 10.2. The summed E-state index contributed by atoms with van der Waals surface area (Å²) in [5.74, 6) is -1.44. The molecule has 0 spiro atoms. The molecule has 1 aliphatic carbocycles. The number of anilines is 1. The third-order valence-electron chi connectivity index (χ3n) is 6.65. The minimum absolute atomic E-state index is 0.00451. The highest BCUT2D eigenvalue weighted by atomic mass is 32.2. The van der Waals surface area contributed by atoms with E-state index in [1.54, 1.807) is 19.1 Å². The highest BCUT2D eigenvalue weighted by Gasteiger charge is 2.28. The molecule has 202 valence electrons. The zero-order valence-corrected chi connectivity index (χ0v) is 22.1. The van der Waals surface area contributed by atoms with Crippen LogP contribution in [0, 0.1) is 11.6 Å². The first kappa shape index (κ1) is 28.6. The van der Waals surface area contributed by atoms with E-state index in [1.165, 1.54) is 41.3 Å². The smallest absolute Gasteiger partial charge is 0.242 e. The lowest BCUT2D eigenvalue weighted by Gasteiger charge is -2.31. The normalized spacial score (nSPS) is 15.1. The number of rotatable bonds is 11. The van der Waals surface area contributed by atoms with Crippen LogP contribution in [0.15, 0.2) is 48.5 Å². The van der Waals surface area contributed by atoms with E-state index in [0.29, 0.717) is 11.3 Å². The van der Waals surface area contributed by atoms with E-state index in [9.17, 15) is 26.8 Å². The van der Waals surface area contributed by atoms with E-state index in [-0.39, 0.29) is 43.8 Å². The zero-order chi connectivity index (χ0) is 27.0. The first-order chi connectivity index (χ1) is 17.5. The molecule has 2 aromatic carbocycles. The largest absolute Gasteiger partial charge is 0.352 e. The molecule has 7 nitrogen and oxygen atoms in total. The first-order valence-electron chi connectivity index (χ1n) is 12.6.